The van der Waals surface area contributed by atoms with Gasteiger partial charge in [-0.2, -0.15) is 0 Å². The van der Waals surface area contributed by atoms with E-state index in [0.29, 0.717) is 23.5 Å². The molecule has 28 heavy (non-hydrogen) atoms. The molecule has 1 heterocycles. The van der Waals surface area contributed by atoms with E-state index >= 15 is 0 Å². The van der Waals surface area contributed by atoms with Crippen LogP contribution in [0.15, 0.2) is 48.5 Å². The number of imide groups is 1. The van der Waals surface area contributed by atoms with Gasteiger partial charge in [0.15, 0.2) is 0 Å². The van der Waals surface area contributed by atoms with Gasteiger partial charge in [0.1, 0.15) is 18.1 Å². The third-order valence-electron chi connectivity index (χ3n) is 4.81. The summed E-state index contributed by atoms with van der Waals surface area (Å²) in [6.45, 7) is -0.347. The first kappa shape index (κ1) is 19.7. The fourth-order valence-corrected chi connectivity index (χ4v) is 3.35. The topological polar surface area (TPSA) is 85.3 Å². The van der Waals surface area contributed by atoms with Gasteiger partial charge in [0.25, 0.3) is 0 Å². The Bertz CT molecular complexity index is 838. The van der Waals surface area contributed by atoms with Crippen LogP contribution in [0.1, 0.15) is 17.0 Å². The number of rotatable bonds is 7. The number of carbonyl (C=O) groups is 2. The maximum Gasteiger partial charge on any atom is 0.417 e. The highest BCUT2D eigenvalue weighted by Crippen LogP contribution is 2.33. The van der Waals surface area contributed by atoms with Crippen molar-refractivity contribution in [3.63, 3.8) is 0 Å². The van der Waals surface area contributed by atoms with Crippen molar-refractivity contribution < 1.29 is 28.9 Å². The highest BCUT2D eigenvalue weighted by Gasteiger charge is 2.41. The Balaban J connectivity index is 1.87. The van der Waals surface area contributed by atoms with Crippen molar-refractivity contribution in [1.82, 2.24) is 4.90 Å². The standard InChI is InChI=1S/C21H23NO6/c1-26-16-8-9-17(19(11-16)27-2)18(12-23)20(24)22-15(13-28-21(22)25)10-14-6-4-3-5-7-14/h3-9,11,15,18,23H,10,12-13H2,1-2H3/t15-,18-/m1/s1. The zero-order chi connectivity index (χ0) is 20.1. The highest BCUT2D eigenvalue weighted by molar-refractivity contribution is 5.97. The van der Waals surface area contributed by atoms with Crippen LogP contribution in [0.25, 0.3) is 0 Å². The quantitative estimate of drug-likeness (QED) is 0.788. The molecule has 2 aromatic carbocycles. The van der Waals surface area contributed by atoms with Gasteiger partial charge in [-0.25, -0.2) is 9.69 Å². The Labute approximate surface area is 163 Å². The molecule has 2 amide bonds. The highest BCUT2D eigenvalue weighted by atomic mass is 16.6. The van der Waals surface area contributed by atoms with Crippen molar-refractivity contribution >= 4 is 12.0 Å². The lowest BCUT2D eigenvalue weighted by Gasteiger charge is -2.25. The second-order valence-corrected chi connectivity index (χ2v) is 6.47. The van der Waals surface area contributed by atoms with Gasteiger partial charge in [-0.3, -0.25) is 4.79 Å². The van der Waals surface area contributed by atoms with Gasteiger partial charge in [-0.15, -0.1) is 0 Å². The first-order valence-corrected chi connectivity index (χ1v) is 8.95. The molecule has 0 bridgehead atoms. The van der Waals surface area contributed by atoms with Crippen molar-refractivity contribution in [2.45, 2.75) is 18.4 Å². The molecule has 7 heteroatoms. The van der Waals surface area contributed by atoms with Crippen LogP contribution in [0.3, 0.4) is 0 Å². The summed E-state index contributed by atoms with van der Waals surface area (Å²) in [7, 11) is 3.00. The molecule has 7 nitrogen and oxygen atoms in total. The van der Waals surface area contributed by atoms with Gasteiger partial charge in [0.2, 0.25) is 5.91 Å². The summed E-state index contributed by atoms with van der Waals surface area (Å²) >= 11 is 0. The largest absolute Gasteiger partial charge is 0.497 e. The monoisotopic (exact) mass is 385 g/mol. The number of carbonyl (C=O) groups excluding carboxylic acids is 2. The van der Waals surface area contributed by atoms with E-state index in [0.717, 1.165) is 10.5 Å². The molecule has 1 aliphatic rings. The van der Waals surface area contributed by atoms with E-state index in [-0.39, 0.29) is 6.61 Å². The van der Waals surface area contributed by atoms with E-state index < -0.39 is 30.6 Å². The molecule has 0 unspecified atom stereocenters. The molecule has 0 spiro atoms. The number of hydrogen-bond donors (Lipinski definition) is 1. The van der Waals surface area contributed by atoms with Crippen molar-refractivity contribution in [3.05, 3.63) is 59.7 Å². The summed E-state index contributed by atoms with van der Waals surface area (Å²) in [5.74, 6) is -0.509. The third kappa shape index (κ3) is 3.94. The fraction of sp³-hybridized carbons (Fsp3) is 0.333. The maximum atomic E-state index is 13.2. The molecular formula is C21H23NO6. The number of cyclic esters (lactones) is 1. The van der Waals surface area contributed by atoms with Gasteiger partial charge in [-0.05, 0) is 18.1 Å². The minimum Gasteiger partial charge on any atom is -0.497 e. The van der Waals surface area contributed by atoms with Gasteiger partial charge >= 0.3 is 6.09 Å². The molecule has 0 aromatic heterocycles. The molecule has 2 aromatic rings. The van der Waals surface area contributed by atoms with Crippen LogP contribution < -0.4 is 9.47 Å². The fourth-order valence-electron chi connectivity index (χ4n) is 3.35. The summed E-state index contributed by atoms with van der Waals surface area (Å²) in [4.78, 5) is 26.6. The van der Waals surface area contributed by atoms with Crippen molar-refractivity contribution in [2.24, 2.45) is 0 Å². The van der Waals surface area contributed by atoms with E-state index in [9.17, 15) is 14.7 Å². The first-order chi connectivity index (χ1) is 13.6. The molecule has 0 saturated carbocycles. The van der Waals surface area contributed by atoms with Crippen molar-refractivity contribution in [2.75, 3.05) is 27.4 Å². The first-order valence-electron chi connectivity index (χ1n) is 8.95. The van der Waals surface area contributed by atoms with E-state index in [1.54, 1.807) is 18.2 Å². The number of nitrogens with zero attached hydrogens (tertiary/aromatic N) is 1. The van der Waals surface area contributed by atoms with E-state index in [2.05, 4.69) is 0 Å². The molecular weight excluding hydrogens is 362 g/mol. The third-order valence-corrected chi connectivity index (χ3v) is 4.81. The maximum absolute atomic E-state index is 13.2. The Hall–Kier alpha value is -3.06. The van der Waals surface area contributed by atoms with E-state index in [1.807, 2.05) is 30.3 Å². The molecule has 148 valence electrons. The Morgan fingerprint density at radius 2 is 1.96 bits per heavy atom. The molecule has 2 atom stereocenters. The summed E-state index contributed by atoms with van der Waals surface area (Å²) in [5, 5.41) is 9.93. The minimum atomic E-state index is -0.954. The van der Waals surface area contributed by atoms with E-state index in [1.165, 1.54) is 14.2 Å². The average Bonchev–Trinajstić information content (AvgIpc) is 3.09. The summed E-state index contributed by atoms with van der Waals surface area (Å²) in [6.07, 6.45) is -0.215. The lowest BCUT2D eigenvalue weighted by Crippen LogP contribution is -2.43. The summed E-state index contributed by atoms with van der Waals surface area (Å²) in [6, 6.07) is 14.1. The number of hydrogen-bond acceptors (Lipinski definition) is 6. The number of aliphatic hydroxyl groups is 1. The number of aliphatic hydroxyl groups excluding tert-OH is 1. The Morgan fingerprint density at radius 3 is 2.61 bits per heavy atom. The number of amides is 2. The SMILES string of the molecule is COc1ccc([C@@H](CO)C(=O)N2C(=O)OC[C@H]2Cc2ccccc2)c(OC)c1. The minimum absolute atomic E-state index is 0.122. The molecule has 3 rings (SSSR count). The molecule has 1 N–H and O–H groups in total. The van der Waals surface area contributed by atoms with Gasteiger partial charge < -0.3 is 19.3 Å². The molecule has 0 radical (unpaired) electrons. The van der Waals surface area contributed by atoms with E-state index in [4.69, 9.17) is 14.2 Å². The summed E-state index contributed by atoms with van der Waals surface area (Å²) in [5.41, 5.74) is 1.47. The molecule has 1 aliphatic heterocycles. The van der Waals surface area contributed by atoms with Crippen LogP contribution in [0, 0.1) is 0 Å². The van der Waals surface area contributed by atoms with Gasteiger partial charge in [-0.1, -0.05) is 36.4 Å². The number of ether oxygens (including phenoxy) is 3. The number of benzene rings is 2. The predicted molar refractivity (Wildman–Crippen MR) is 102 cm³/mol. The zero-order valence-corrected chi connectivity index (χ0v) is 15.8. The zero-order valence-electron chi connectivity index (χ0n) is 15.8. The van der Waals surface area contributed by atoms with Crippen LogP contribution in [0.2, 0.25) is 0 Å². The average molecular weight is 385 g/mol. The Morgan fingerprint density at radius 1 is 1.21 bits per heavy atom. The molecule has 0 aliphatic carbocycles. The number of methoxy groups -OCH3 is 2. The normalized spacial score (nSPS) is 17.2. The second-order valence-electron chi connectivity index (χ2n) is 6.47. The second kappa shape index (κ2) is 8.75. The van der Waals surface area contributed by atoms with Crippen LogP contribution in [0.5, 0.6) is 11.5 Å². The van der Waals surface area contributed by atoms with Crippen LogP contribution in [-0.4, -0.2) is 55.5 Å². The lowest BCUT2D eigenvalue weighted by molar-refractivity contribution is -0.131. The Kier molecular flexibility index (Phi) is 6.16. The van der Waals surface area contributed by atoms with Crippen LogP contribution in [-0.2, 0) is 16.0 Å². The molecule has 1 saturated heterocycles. The summed E-state index contributed by atoms with van der Waals surface area (Å²) < 4.78 is 15.7. The molecule has 1 fully saturated rings. The van der Waals surface area contributed by atoms with Gasteiger partial charge in [0, 0.05) is 11.6 Å². The smallest absolute Gasteiger partial charge is 0.417 e. The van der Waals surface area contributed by atoms with Gasteiger partial charge in [0.05, 0.1) is 32.8 Å². The predicted octanol–water partition coefficient (Wildman–Crippen LogP) is 2.37. The van der Waals surface area contributed by atoms with Crippen molar-refractivity contribution in [1.29, 1.82) is 0 Å². The van der Waals surface area contributed by atoms with Crippen molar-refractivity contribution in [3.8, 4) is 11.5 Å². The lowest BCUT2D eigenvalue weighted by atomic mass is 9.96. The van der Waals surface area contributed by atoms with Crippen LogP contribution in [0.4, 0.5) is 4.79 Å². The van der Waals surface area contributed by atoms with Crippen LogP contribution >= 0.6 is 0 Å².